The van der Waals surface area contributed by atoms with E-state index in [4.69, 9.17) is 7.48 Å². The van der Waals surface area contributed by atoms with Gasteiger partial charge in [0.25, 0.3) is 0 Å². The van der Waals surface area contributed by atoms with E-state index in [0.717, 1.165) is 4.47 Å². The Morgan fingerprint density at radius 2 is 2.03 bits per heavy atom. The van der Waals surface area contributed by atoms with Crippen LogP contribution in [0.5, 0.6) is 5.75 Å². The van der Waals surface area contributed by atoms with Crippen molar-refractivity contribution in [3.63, 3.8) is 0 Å². The van der Waals surface area contributed by atoms with Crippen molar-refractivity contribution in [1.29, 1.82) is 0 Å². The monoisotopic (exact) mass is 491 g/mol. The normalized spacial score (nSPS) is 12.4. The Kier molecular flexibility index (Phi) is 4.68. The van der Waals surface area contributed by atoms with Gasteiger partial charge < -0.3 is 24.9 Å². The number of anilines is 2. The lowest BCUT2D eigenvalue weighted by Gasteiger charge is -2.13. The topological polar surface area (TPSA) is 84.0 Å². The summed E-state index contributed by atoms with van der Waals surface area (Å²) in [6, 6.07) is 15.5. The number of benzene rings is 2. The molecule has 0 atom stereocenters. The molecule has 0 radical (unpaired) electrons. The Hall–Kier alpha value is -3.78. The van der Waals surface area contributed by atoms with Gasteiger partial charge in [0.05, 0.1) is 26.7 Å². The Labute approximate surface area is 195 Å². The number of hydrogen-bond acceptors (Lipinski definition) is 3. The maximum Gasteiger partial charge on any atom is 0.323 e. The maximum absolute atomic E-state index is 12.8. The minimum Gasteiger partial charge on any atom is -0.495 e. The van der Waals surface area contributed by atoms with E-state index in [1.807, 2.05) is 18.2 Å². The molecule has 0 unspecified atom stereocenters. The molecule has 7 nitrogen and oxygen atoms in total. The van der Waals surface area contributed by atoms with Gasteiger partial charge in [0.2, 0.25) is 0 Å². The van der Waals surface area contributed by atoms with Crippen molar-refractivity contribution in [1.82, 2.24) is 14.5 Å². The second-order valence-corrected chi connectivity index (χ2v) is 7.97. The van der Waals surface area contributed by atoms with E-state index in [1.165, 1.54) is 7.11 Å². The summed E-state index contributed by atoms with van der Waals surface area (Å²) < 4.78 is 25.5. The molecular weight excluding hydrogens is 470 g/mol. The number of nitrogens with zero attached hydrogens (tertiary/aromatic N) is 2. The van der Waals surface area contributed by atoms with E-state index in [2.05, 4.69) is 36.5 Å². The molecule has 0 aliphatic rings. The zero-order chi connectivity index (χ0) is 23.9. The lowest BCUT2D eigenvalue weighted by molar-refractivity contribution is 0.262. The van der Waals surface area contributed by atoms with Crippen LogP contribution < -0.4 is 15.4 Å². The van der Waals surface area contributed by atoms with Crippen molar-refractivity contribution in [3.8, 4) is 5.75 Å². The summed E-state index contributed by atoms with van der Waals surface area (Å²) in [4.78, 5) is 20.0. The fourth-order valence-corrected chi connectivity index (χ4v) is 3.98. The quantitative estimate of drug-likeness (QED) is 0.282. The summed E-state index contributed by atoms with van der Waals surface area (Å²) in [7, 11) is 1.54. The fourth-order valence-electron chi connectivity index (χ4n) is 3.62. The average Bonchev–Trinajstić information content (AvgIpc) is 3.47. The number of nitrogens with one attached hydrogen (secondary N) is 3. The Bertz CT molecular complexity index is 1530. The number of carbonyl (C=O) groups excluding carboxylic acids is 1. The maximum atomic E-state index is 12.8. The van der Waals surface area contributed by atoms with Gasteiger partial charge in [-0.2, -0.15) is 0 Å². The molecule has 2 amide bonds. The highest BCUT2D eigenvalue weighted by molar-refractivity contribution is 9.10. The minimum atomic E-state index is -1.85. The molecule has 3 heterocycles. The number of amides is 2. The van der Waals surface area contributed by atoms with Gasteiger partial charge in [-0.1, -0.05) is 22.0 Å². The lowest BCUT2D eigenvalue weighted by atomic mass is 10.2. The van der Waals surface area contributed by atoms with E-state index < -0.39 is 12.5 Å². The first-order valence-corrected chi connectivity index (χ1v) is 10.6. The van der Waals surface area contributed by atoms with Crippen LogP contribution in [0.15, 0.2) is 77.7 Å². The number of carbonyl (C=O) groups is 1. The fraction of sp³-hybridized carbons (Fsp3) is 0.0833. The third-order valence-corrected chi connectivity index (χ3v) is 5.59. The molecule has 0 bridgehead atoms. The van der Waals surface area contributed by atoms with Crippen molar-refractivity contribution in [2.75, 3.05) is 17.7 Å². The number of H-pyrrole nitrogens is 1. The molecule has 0 saturated carbocycles. The largest absolute Gasteiger partial charge is 0.495 e. The van der Waals surface area contributed by atoms with E-state index in [9.17, 15) is 4.79 Å². The minimum absolute atomic E-state index is 0.442. The van der Waals surface area contributed by atoms with Crippen LogP contribution in [0.3, 0.4) is 0 Å². The first kappa shape index (κ1) is 17.9. The van der Waals surface area contributed by atoms with Crippen LogP contribution in [0, 0.1) is 0 Å². The van der Waals surface area contributed by atoms with Gasteiger partial charge in [-0.15, -0.1) is 0 Å². The first-order valence-electron chi connectivity index (χ1n) is 10.8. The summed E-state index contributed by atoms with van der Waals surface area (Å²) in [6.07, 6.45) is 5.02. The average molecular weight is 492 g/mol. The van der Waals surface area contributed by atoms with Crippen molar-refractivity contribution in [2.24, 2.45) is 0 Å². The number of aromatic nitrogens is 3. The van der Waals surface area contributed by atoms with Gasteiger partial charge in [-0.25, -0.2) is 9.78 Å². The van der Waals surface area contributed by atoms with Gasteiger partial charge in [0.1, 0.15) is 11.4 Å². The molecule has 0 fully saturated rings. The number of methoxy groups -OCH3 is 1. The predicted molar refractivity (Wildman–Crippen MR) is 130 cm³/mol. The Morgan fingerprint density at radius 3 is 2.91 bits per heavy atom. The van der Waals surface area contributed by atoms with Crippen LogP contribution in [-0.2, 0) is 6.50 Å². The lowest BCUT2D eigenvalue weighted by Crippen LogP contribution is -2.20. The molecule has 0 saturated heterocycles. The van der Waals surface area contributed by atoms with Gasteiger partial charge in [0, 0.05) is 40.3 Å². The van der Waals surface area contributed by atoms with E-state index in [0.29, 0.717) is 44.6 Å². The zero-order valence-electron chi connectivity index (χ0n) is 19.0. The smallest absolute Gasteiger partial charge is 0.323 e. The Morgan fingerprint density at radius 1 is 1.16 bits per heavy atom. The van der Waals surface area contributed by atoms with Gasteiger partial charge in [-0.05, 0) is 54.1 Å². The van der Waals surface area contributed by atoms with Crippen LogP contribution in [0.2, 0.25) is 0 Å². The molecule has 5 aromatic rings. The number of fused-ring (bicyclic) bond motifs is 2. The number of ether oxygens (including phenoxy) is 1. The van der Waals surface area contributed by atoms with Gasteiger partial charge >= 0.3 is 6.03 Å². The van der Waals surface area contributed by atoms with Crippen molar-refractivity contribution >= 4 is 55.3 Å². The summed E-state index contributed by atoms with van der Waals surface area (Å²) in [5.41, 5.74) is 2.83. The zero-order valence-corrected chi connectivity index (χ0v) is 18.6. The summed E-state index contributed by atoms with van der Waals surface area (Å²) in [5, 5.41) is 7.09. The molecule has 0 aliphatic carbocycles. The molecule has 0 spiro atoms. The van der Waals surface area contributed by atoms with Crippen LogP contribution in [0.25, 0.3) is 21.9 Å². The predicted octanol–water partition coefficient (Wildman–Crippen LogP) is 5.98. The van der Waals surface area contributed by atoms with Crippen LogP contribution in [0.4, 0.5) is 16.2 Å². The summed E-state index contributed by atoms with van der Waals surface area (Å²) in [6.45, 7) is -1.85. The van der Waals surface area contributed by atoms with E-state index in [-0.39, 0.29) is 0 Å². The van der Waals surface area contributed by atoms with Crippen molar-refractivity contribution < 1.29 is 12.3 Å². The molecule has 0 aliphatic heterocycles. The van der Waals surface area contributed by atoms with Crippen LogP contribution in [0.1, 0.15) is 8.30 Å². The van der Waals surface area contributed by atoms with Crippen molar-refractivity contribution in [2.45, 2.75) is 6.50 Å². The number of aromatic amines is 1. The highest BCUT2D eigenvalue weighted by Gasteiger charge is 2.12. The molecule has 8 heteroatoms. The summed E-state index contributed by atoms with van der Waals surface area (Å²) in [5.74, 6) is 0.532. The standard InChI is InChI=1S/C24H20BrN5O2/c1-32-22-6-5-16(25)13-20(22)29-24(31)28-19-3-2-4-21-18(19)9-12-30(21)14-15-7-10-26-23-17(15)8-11-27-23/h2-13H,14H2,1H3,(H,26,27)(H2,28,29,31)/i14D2. The number of rotatable bonds is 5. The molecule has 2 aromatic carbocycles. The molecule has 3 aromatic heterocycles. The molecule has 32 heavy (non-hydrogen) atoms. The third kappa shape index (κ3) is 3.80. The van der Waals surface area contributed by atoms with E-state index >= 15 is 0 Å². The van der Waals surface area contributed by atoms with Gasteiger partial charge in [0.15, 0.2) is 0 Å². The number of pyridine rings is 1. The van der Waals surface area contributed by atoms with Crippen LogP contribution >= 0.6 is 15.9 Å². The van der Waals surface area contributed by atoms with Crippen molar-refractivity contribution in [3.05, 3.63) is 83.2 Å². The van der Waals surface area contributed by atoms with Crippen LogP contribution in [-0.4, -0.2) is 27.7 Å². The molecule has 3 N–H and O–H groups in total. The first-order chi connectivity index (χ1) is 16.4. The second kappa shape index (κ2) is 8.39. The highest BCUT2D eigenvalue weighted by Crippen LogP contribution is 2.29. The summed E-state index contributed by atoms with van der Waals surface area (Å²) >= 11 is 3.40. The second-order valence-electron chi connectivity index (χ2n) is 7.06. The number of hydrogen-bond donors (Lipinski definition) is 3. The third-order valence-electron chi connectivity index (χ3n) is 5.09. The molecule has 160 valence electrons. The van der Waals surface area contributed by atoms with E-state index in [1.54, 1.807) is 59.6 Å². The number of urea groups is 1. The highest BCUT2D eigenvalue weighted by atomic mass is 79.9. The Balaban J connectivity index is 1.48. The van der Waals surface area contributed by atoms with Gasteiger partial charge in [-0.3, -0.25) is 0 Å². The molecular formula is C24H20BrN5O2. The number of halogens is 1. The SMILES string of the molecule is [2H]C([2H])(c1ccnc2[nH]ccc12)n1ccc2c(NC(=O)Nc3cc(Br)ccc3OC)cccc21. The molecule has 5 rings (SSSR count).